The molecule has 100 valence electrons. The van der Waals surface area contributed by atoms with Gasteiger partial charge in [0.1, 0.15) is 5.82 Å². The summed E-state index contributed by atoms with van der Waals surface area (Å²) in [4.78, 5) is 2.36. The van der Waals surface area contributed by atoms with Crippen LogP contribution in [0, 0.1) is 12.7 Å². The van der Waals surface area contributed by atoms with Crippen molar-refractivity contribution < 1.29 is 4.39 Å². The molecule has 0 saturated carbocycles. The topological polar surface area (TPSA) is 15.3 Å². The van der Waals surface area contributed by atoms with Crippen LogP contribution in [0.15, 0.2) is 16.6 Å². The molecule has 0 spiro atoms. The van der Waals surface area contributed by atoms with Crippen LogP contribution in [0.25, 0.3) is 0 Å². The molecule has 18 heavy (non-hydrogen) atoms. The zero-order chi connectivity index (χ0) is 13.5. The Hall–Kier alpha value is -0.610. The molecule has 1 aliphatic heterocycles. The van der Waals surface area contributed by atoms with Gasteiger partial charge in [-0.3, -0.25) is 0 Å². The van der Waals surface area contributed by atoms with Crippen molar-refractivity contribution in [1.82, 2.24) is 5.32 Å². The molecular weight excluding hydrogens is 295 g/mol. The van der Waals surface area contributed by atoms with E-state index in [2.05, 4.69) is 46.9 Å². The van der Waals surface area contributed by atoms with Gasteiger partial charge in [0, 0.05) is 30.4 Å². The van der Waals surface area contributed by atoms with Gasteiger partial charge in [0.25, 0.3) is 0 Å². The molecule has 1 heterocycles. The van der Waals surface area contributed by atoms with E-state index in [1.54, 1.807) is 6.07 Å². The summed E-state index contributed by atoms with van der Waals surface area (Å²) in [7, 11) is 0. The molecule has 0 bridgehead atoms. The second kappa shape index (κ2) is 4.82. The fourth-order valence-corrected chi connectivity index (χ4v) is 2.77. The third kappa shape index (κ3) is 2.69. The molecule has 1 aliphatic rings. The highest BCUT2D eigenvalue weighted by Gasteiger charge is 2.31. The van der Waals surface area contributed by atoms with Gasteiger partial charge >= 0.3 is 0 Å². The van der Waals surface area contributed by atoms with Crippen LogP contribution in [-0.4, -0.2) is 24.7 Å². The Labute approximate surface area is 117 Å². The molecule has 2 rings (SSSR count). The molecule has 0 aliphatic carbocycles. The van der Waals surface area contributed by atoms with Crippen molar-refractivity contribution in [3.63, 3.8) is 0 Å². The molecule has 0 radical (unpaired) electrons. The molecule has 1 aromatic carbocycles. The summed E-state index contributed by atoms with van der Waals surface area (Å²) in [6, 6.07) is 3.90. The van der Waals surface area contributed by atoms with Crippen LogP contribution in [0.5, 0.6) is 0 Å². The fraction of sp³-hybridized carbons (Fsp3) is 0.571. The van der Waals surface area contributed by atoms with Crippen LogP contribution < -0.4 is 10.2 Å². The number of hydrogen-bond donors (Lipinski definition) is 1. The average Bonchev–Trinajstić information content (AvgIpc) is 2.27. The van der Waals surface area contributed by atoms with E-state index in [9.17, 15) is 4.39 Å². The Kier molecular flexibility index (Phi) is 3.70. The summed E-state index contributed by atoms with van der Waals surface area (Å²) in [5.41, 5.74) is 2.19. The molecule has 1 aromatic rings. The number of piperazine rings is 1. The molecular formula is C14H20BrFN2. The van der Waals surface area contributed by atoms with Crippen LogP contribution in [-0.2, 0) is 0 Å². The van der Waals surface area contributed by atoms with Gasteiger partial charge in [-0.15, -0.1) is 0 Å². The normalized spacial score (nSPS) is 23.2. The van der Waals surface area contributed by atoms with E-state index in [-0.39, 0.29) is 11.4 Å². The Morgan fingerprint density at radius 1 is 1.44 bits per heavy atom. The highest BCUT2D eigenvalue weighted by Crippen LogP contribution is 2.31. The van der Waals surface area contributed by atoms with E-state index in [0.717, 1.165) is 24.3 Å². The number of halogens is 2. The van der Waals surface area contributed by atoms with Crippen molar-refractivity contribution in [3.05, 3.63) is 28.0 Å². The van der Waals surface area contributed by atoms with Gasteiger partial charge in [-0.2, -0.15) is 0 Å². The lowest BCUT2D eigenvalue weighted by Crippen LogP contribution is -2.61. The zero-order valence-corrected chi connectivity index (χ0v) is 12.9. The Balaban J connectivity index is 2.38. The first-order valence-electron chi connectivity index (χ1n) is 6.27. The number of nitrogens with one attached hydrogen (secondary N) is 1. The Bertz CT molecular complexity index is 459. The maximum atomic E-state index is 13.5. The van der Waals surface area contributed by atoms with Gasteiger partial charge in [0.15, 0.2) is 0 Å². The number of aryl methyl sites for hydroxylation is 1. The average molecular weight is 315 g/mol. The first-order chi connectivity index (χ1) is 8.30. The third-order valence-corrected chi connectivity index (χ3v) is 4.13. The predicted molar refractivity (Wildman–Crippen MR) is 77.7 cm³/mol. The van der Waals surface area contributed by atoms with Crippen molar-refractivity contribution in [2.24, 2.45) is 0 Å². The summed E-state index contributed by atoms with van der Waals surface area (Å²) >= 11 is 3.28. The van der Waals surface area contributed by atoms with E-state index in [1.807, 2.05) is 13.0 Å². The molecule has 1 atom stereocenters. The van der Waals surface area contributed by atoms with Crippen LogP contribution in [0.1, 0.15) is 26.3 Å². The predicted octanol–water partition coefficient (Wildman–Crippen LogP) is 3.47. The maximum Gasteiger partial charge on any atom is 0.137 e. The molecule has 2 nitrogen and oxygen atoms in total. The minimum absolute atomic E-state index is 0.0831. The minimum atomic E-state index is -0.196. The highest BCUT2D eigenvalue weighted by atomic mass is 79.9. The van der Waals surface area contributed by atoms with Gasteiger partial charge in [-0.25, -0.2) is 4.39 Å². The second-order valence-electron chi connectivity index (χ2n) is 5.79. The number of rotatable bonds is 1. The molecule has 1 N–H and O–H groups in total. The zero-order valence-electron chi connectivity index (χ0n) is 11.3. The third-order valence-electron chi connectivity index (χ3n) is 3.52. The largest absolute Gasteiger partial charge is 0.365 e. The lowest BCUT2D eigenvalue weighted by molar-refractivity contribution is 0.318. The summed E-state index contributed by atoms with van der Waals surface area (Å²) in [6.07, 6.45) is 0. The number of hydrogen-bond acceptors (Lipinski definition) is 2. The number of nitrogens with zero attached hydrogens (tertiary/aromatic N) is 1. The SMILES string of the molecule is Cc1cc(F)c(Br)cc1N1CC(C)(C)NCC1C. The van der Waals surface area contributed by atoms with E-state index in [0.29, 0.717) is 10.5 Å². The van der Waals surface area contributed by atoms with Crippen LogP contribution in [0.4, 0.5) is 10.1 Å². The van der Waals surface area contributed by atoms with Crippen molar-refractivity contribution in [1.29, 1.82) is 0 Å². The smallest absolute Gasteiger partial charge is 0.137 e. The van der Waals surface area contributed by atoms with E-state index in [1.165, 1.54) is 0 Å². The van der Waals surface area contributed by atoms with Gasteiger partial charge in [-0.05, 0) is 61.3 Å². The van der Waals surface area contributed by atoms with Crippen LogP contribution in [0.2, 0.25) is 0 Å². The first-order valence-corrected chi connectivity index (χ1v) is 7.07. The molecule has 0 amide bonds. The van der Waals surface area contributed by atoms with Crippen molar-refractivity contribution in [2.45, 2.75) is 39.3 Å². The van der Waals surface area contributed by atoms with Crippen LogP contribution >= 0.6 is 15.9 Å². The van der Waals surface area contributed by atoms with Gasteiger partial charge in [0.2, 0.25) is 0 Å². The molecule has 4 heteroatoms. The second-order valence-corrected chi connectivity index (χ2v) is 6.65. The summed E-state index contributed by atoms with van der Waals surface area (Å²) < 4.78 is 14.0. The van der Waals surface area contributed by atoms with E-state index >= 15 is 0 Å². The van der Waals surface area contributed by atoms with Crippen LogP contribution in [0.3, 0.4) is 0 Å². The fourth-order valence-electron chi connectivity index (χ4n) is 2.44. The minimum Gasteiger partial charge on any atom is -0.365 e. The molecule has 0 aromatic heterocycles. The Morgan fingerprint density at radius 2 is 2.11 bits per heavy atom. The van der Waals surface area contributed by atoms with Crippen molar-refractivity contribution >= 4 is 21.6 Å². The van der Waals surface area contributed by atoms with Crippen molar-refractivity contribution in [2.75, 3.05) is 18.0 Å². The monoisotopic (exact) mass is 314 g/mol. The van der Waals surface area contributed by atoms with E-state index < -0.39 is 0 Å². The number of benzene rings is 1. The molecule has 1 unspecified atom stereocenters. The van der Waals surface area contributed by atoms with Crippen molar-refractivity contribution in [3.8, 4) is 0 Å². The highest BCUT2D eigenvalue weighted by molar-refractivity contribution is 9.10. The summed E-state index contributed by atoms with van der Waals surface area (Å²) in [5, 5.41) is 3.53. The lowest BCUT2D eigenvalue weighted by Gasteiger charge is -2.45. The van der Waals surface area contributed by atoms with Gasteiger partial charge < -0.3 is 10.2 Å². The quantitative estimate of drug-likeness (QED) is 0.854. The summed E-state index contributed by atoms with van der Waals surface area (Å²) in [6.45, 7) is 10.4. The van der Waals surface area contributed by atoms with Gasteiger partial charge in [0.05, 0.1) is 4.47 Å². The summed E-state index contributed by atoms with van der Waals surface area (Å²) in [5.74, 6) is -0.196. The number of anilines is 1. The Morgan fingerprint density at radius 3 is 2.78 bits per heavy atom. The molecule has 1 fully saturated rings. The lowest BCUT2D eigenvalue weighted by atomic mass is 9.97. The van der Waals surface area contributed by atoms with E-state index in [4.69, 9.17) is 0 Å². The first kappa shape index (κ1) is 13.8. The standard InChI is InChI=1S/C14H20BrFN2/c1-9-5-12(16)11(15)6-13(9)18-8-14(3,4)17-7-10(18)2/h5-6,10,17H,7-8H2,1-4H3. The van der Waals surface area contributed by atoms with Gasteiger partial charge in [-0.1, -0.05) is 0 Å². The molecule has 1 saturated heterocycles. The maximum absolute atomic E-state index is 13.5.